The van der Waals surface area contributed by atoms with Crippen molar-refractivity contribution >= 4 is 11.6 Å². The number of nitrogens with zero attached hydrogens (tertiary/aromatic N) is 2. The van der Waals surface area contributed by atoms with Crippen LogP contribution in [0.2, 0.25) is 0 Å². The van der Waals surface area contributed by atoms with Crippen molar-refractivity contribution in [3.05, 3.63) is 24.0 Å². The number of aliphatic hydroxyl groups excluding tert-OH is 1. The van der Waals surface area contributed by atoms with Crippen LogP contribution in [-0.4, -0.2) is 47.6 Å². The first-order valence-electron chi connectivity index (χ1n) is 6.28. The lowest BCUT2D eigenvalue weighted by Crippen LogP contribution is -2.41. The van der Waals surface area contributed by atoms with Crippen molar-refractivity contribution in [2.45, 2.75) is 12.8 Å². The third kappa shape index (κ3) is 2.79. The SMILES string of the molecule is CNc1ccnc(C(=O)N2CCCC(CO)C2)c1. The number of aromatic nitrogens is 1. The van der Waals surface area contributed by atoms with Crippen LogP contribution < -0.4 is 5.32 Å². The number of hydrogen-bond donors (Lipinski definition) is 2. The molecular weight excluding hydrogens is 230 g/mol. The van der Waals surface area contributed by atoms with Gasteiger partial charge in [0.25, 0.3) is 5.91 Å². The molecule has 5 nitrogen and oxygen atoms in total. The van der Waals surface area contributed by atoms with Gasteiger partial charge in [0, 0.05) is 38.6 Å². The van der Waals surface area contributed by atoms with Crippen molar-refractivity contribution in [2.24, 2.45) is 5.92 Å². The molecule has 1 aromatic heterocycles. The van der Waals surface area contributed by atoms with E-state index in [9.17, 15) is 9.90 Å². The maximum absolute atomic E-state index is 12.3. The summed E-state index contributed by atoms with van der Waals surface area (Å²) in [6.45, 7) is 1.52. The Morgan fingerprint density at radius 3 is 3.22 bits per heavy atom. The molecule has 2 heterocycles. The number of hydrogen-bond acceptors (Lipinski definition) is 4. The van der Waals surface area contributed by atoms with Gasteiger partial charge in [-0.25, -0.2) is 0 Å². The third-order valence-corrected chi connectivity index (χ3v) is 3.33. The molecule has 1 aliphatic heterocycles. The normalized spacial score (nSPS) is 19.7. The Kier molecular flexibility index (Phi) is 4.15. The van der Waals surface area contributed by atoms with Crippen LogP contribution in [0.15, 0.2) is 18.3 Å². The molecule has 98 valence electrons. The van der Waals surface area contributed by atoms with Crippen LogP contribution in [0, 0.1) is 5.92 Å². The Morgan fingerprint density at radius 1 is 1.67 bits per heavy atom. The van der Waals surface area contributed by atoms with E-state index in [1.54, 1.807) is 17.2 Å². The Labute approximate surface area is 107 Å². The average molecular weight is 249 g/mol. The second-order valence-corrected chi connectivity index (χ2v) is 4.62. The summed E-state index contributed by atoms with van der Waals surface area (Å²) in [5.41, 5.74) is 1.34. The highest BCUT2D eigenvalue weighted by atomic mass is 16.3. The molecule has 1 fully saturated rings. The van der Waals surface area contributed by atoms with Crippen molar-refractivity contribution in [3.63, 3.8) is 0 Å². The summed E-state index contributed by atoms with van der Waals surface area (Å²) in [6, 6.07) is 3.58. The lowest BCUT2D eigenvalue weighted by atomic mass is 9.99. The van der Waals surface area contributed by atoms with Crippen LogP contribution in [0.1, 0.15) is 23.3 Å². The predicted molar refractivity (Wildman–Crippen MR) is 69.5 cm³/mol. The highest BCUT2D eigenvalue weighted by molar-refractivity contribution is 5.93. The minimum Gasteiger partial charge on any atom is -0.396 e. The van der Waals surface area contributed by atoms with E-state index in [4.69, 9.17) is 0 Å². The van der Waals surface area contributed by atoms with Gasteiger partial charge in [-0.2, -0.15) is 0 Å². The fraction of sp³-hybridized carbons (Fsp3) is 0.538. The topological polar surface area (TPSA) is 65.5 Å². The predicted octanol–water partition coefficient (Wildman–Crippen LogP) is 0.968. The molecule has 18 heavy (non-hydrogen) atoms. The summed E-state index contributed by atoms with van der Waals surface area (Å²) in [5, 5.41) is 12.2. The molecule has 1 amide bonds. The summed E-state index contributed by atoms with van der Waals surface area (Å²) in [5.74, 6) is 0.153. The van der Waals surface area contributed by atoms with Crippen molar-refractivity contribution in [3.8, 4) is 0 Å². The van der Waals surface area contributed by atoms with Crippen molar-refractivity contribution in [1.29, 1.82) is 0 Å². The second-order valence-electron chi connectivity index (χ2n) is 4.62. The lowest BCUT2D eigenvalue weighted by Gasteiger charge is -2.31. The Balaban J connectivity index is 2.10. The summed E-state index contributed by atoms with van der Waals surface area (Å²) in [6.07, 6.45) is 3.57. The quantitative estimate of drug-likeness (QED) is 0.837. The number of anilines is 1. The van der Waals surface area contributed by atoms with Gasteiger partial charge in [-0.1, -0.05) is 0 Å². The van der Waals surface area contributed by atoms with Crippen LogP contribution in [0.25, 0.3) is 0 Å². The monoisotopic (exact) mass is 249 g/mol. The first kappa shape index (κ1) is 12.8. The largest absolute Gasteiger partial charge is 0.396 e. The number of amides is 1. The van der Waals surface area contributed by atoms with Gasteiger partial charge in [0.2, 0.25) is 0 Å². The molecule has 2 N–H and O–H groups in total. The number of aliphatic hydroxyl groups is 1. The highest BCUT2D eigenvalue weighted by Gasteiger charge is 2.24. The zero-order chi connectivity index (χ0) is 13.0. The number of rotatable bonds is 3. The van der Waals surface area contributed by atoms with Gasteiger partial charge < -0.3 is 15.3 Å². The molecule has 1 atom stereocenters. The van der Waals surface area contributed by atoms with Gasteiger partial charge in [-0.3, -0.25) is 9.78 Å². The second kappa shape index (κ2) is 5.82. The van der Waals surface area contributed by atoms with Gasteiger partial charge in [-0.15, -0.1) is 0 Å². The fourth-order valence-electron chi connectivity index (χ4n) is 2.26. The van der Waals surface area contributed by atoms with Crippen LogP contribution in [0.5, 0.6) is 0 Å². The molecule has 1 saturated heterocycles. The molecule has 0 saturated carbocycles. The van der Waals surface area contributed by atoms with Crippen LogP contribution in [0.4, 0.5) is 5.69 Å². The summed E-state index contributed by atoms with van der Waals surface area (Å²) < 4.78 is 0. The van der Waals surface area contributed by atoms with E-state index in [2.05, 4.69) is 10.3 Å². The number of likely N-dealkylation sites (tertiary alicyclic amines) is 1. The van der Waals surface area contributed by atoms with E-state index in [1.807, 2.05) is 13.1 Å². The van der Waals surface area contributed by atoms with Gasteiger partial charge in [0.05, 0.1) is 0 Å². The smallest absolute Gasteiger partial charge is 0.272 e. The molecule has 1 aliphatic rings. The van der Waals surface area contributed by atoms with Crippen LogP contribution in [-0.2, 0) is 0 Å². The van der Waals surface area contributed by atoms with E-state index >= 15 is 0 Å². The van der Waals surface area contributed by atoms with Crippen LogP contribution >= 0.6 is 0 Å². The minimum absolute atomic E-state index is 0.0507. The summed E-state index contributed by atoms with van der Waals surface area (Å²) >= 11 is 0. The molecule has 0 radical (unpaired) electrons. The summed E-state index contributed by atoms with van der Waals surface area (Å²) in [4.78, 5) is 18.2. The number of pyridine rings is 1. The molecular formula is C13H19N3O2. The molecule has 0 bridgehead atoms. The Bertz CT molecular complexity index is 422. The fourth-order valence-corrected chi connectivity index (χ4v) is 2.26. The highest BCUT2D eigenvalue weighted by Crippen LogP contribution is 2.18. The van der Waals surface area contributed by atoms with Gasteiger partial charge in [-0.05, 0) is 30.9 Å². The first-order valence-corrected chi connectivity index (χ1v) is 6.28. The average Bonchev–Trinajstić information content (AvgIpc) is 2.46. The maximum atomic E-state index is 12.3. The van der Waals surface area contributed by atoms with Crippen LogP contribution in [0.3, 0.4) is 0 Å². The van der Waals surface area contributed by atoms with Crippen molar-refractivity contribution in [2.75, 3.05) is 32.1 Å². The molecule has 0 aliphatic carbocycles. The minimum atomic E-state index is -0.0507. The van der Waals surface area contributed by atoms with E-state index in [0.717, 1.165) is 25.1 Å². The van der Waals surface area contributed by atoms with E-state index < -0.39 is 0 Å². The molecule has 0 aromatic carbocycles. The summed E-state index contributed by atoms with van der Waals surface area (Å²) in [7, 11) is 1.81. The molecule has 2 rings (SSSR count). The van der Waals surface area contributed by atoms with Gasteiger partial charge in [0.1, 0.15) is 5.69 Å². The lowest BCUT2D eigenvalue weighted by molar-refractivity contribution is 0.0615. The zero-order valence-electron chi connectivity index (χ0n) is 10.6. The molecule has 0 spiro atoms. The molecule has 1 aromatic rings. The maximum Gasteiger partial charge on any atom is 0.272 e. The van der Waals surface area contributed by atoms with E-state index in [1.165, 1.54) is 0 Å². The van der Waals surface area contributed by atoms with E-state index in [-0.39, 0.29) is 18.4 Å². The number of nitrogens with one attached hydrogen (secondary N) is 1. The van der Waals surface area contributed by atoms with Gasteiger partial charge in [0.15, 0.2) is 0 Å². The zero-order valence-corrected chi connectivity index (χ0v) is 10.6. The number of carbonyl (C=O) groups excluding carboxylic acids is 1. The first-order chi connectivity index (χ1) is 8.74. The molecule has 1 unspecified atom stereocenters. The number of carbonyl (C=O) groups is 1. The standard InChI is InChI=1S/C13H19N3O2/c1-14-11-4-5-15-12(7-11)13(18)16-6-2-3-10(8-16)9-17/h4-5,7,10,17H,2-3,6,8-9H2,1H3,(H,14,15). The van der Waals surface area contributed by atoms with Crippen molar-refractivity contribution in [1.82, 2.24) is 9.88 Å². The van der Waals surface area contributed by atoms with E-state index in [0.29, 0.717) is 12.2 Å². The molecule has 5 heteroatoms. The third-order valence-electron chi connectivity index (χ3n) is 3.33. The number of piperidine rings is 1. The van der Waals surface area contributed by atoms with Gasteiger partial charge >= 0.3 is 0 Å². The van der Waals surface area contributed by atoms with Crippen molar-refractivity contribution < 1.29 is 9.90 Å². The Morgan fingerprint density at radius 2 is 2.50 bits per heavy atom. The Hall–Kier alpha value is -1.62.